The topological polar surface area (TPSA) is 114 Å². The molecule has 2 heterocycles. The van der Waals surface area contributed by atoms with Crippen LogP contribution in [0, 0.1) is 6.92 Å². The maximum absolute atomic E-state index is 13.2. The van der Waals surface area contributed by atoms with E-state index in [0.717, 1.165) is 5.56 Å². The SMILES string of the molecule is COc1cc(NC(=O)C(=O)c2c(C)n(Cc3ccc(Cl)cc3)c3cc(O)c(O)cc23)ccn1. The van der Waals surface area contributed by atoms with Gasteiger partial charge in [0.25, 0.3) is 11.7 Å². The molecule has 1 amide bonds. The Bertz CT molecular complexity index is 1380. The second-order valence-electron chi connectivity index (χ2n) is 7.40. The maximum atomic E-state index is 13.2. The lowest BCUT2D eigenvalue weighted by atomic mass is 10.1. The van der Waals surface area contributed by atoms with Crippen molar-refractivity contribution in [2.75, 3.05) is 12.4 Å². The monoisotopic (exact) mass is 465 g/mol. The number of ether oxygens (including phenoxy) is 1. The highest BCUT2D eigenvalue weighted by atomic mass is 35.5. The molecule has 4 aromatic rings. The summed E-state index contributed by atoms with van der Waals surface area (Å²) >= 11 is 5.98. The Morgan fingerprint density at radius 2 is 1.79 bits per heavy atom. The summed E-state index contributed by atoms with van der Waals surface area (Å²) in [4.78, 5) is 30.0. The smallest absolute Gasteiger partial charge is 0.296 e. The number of fused-ring (bicyclic) bond motifs is 1. The molecule has 0 atom stereocenters. The predicted octanol–water partition coefficient (Wildman–Crippen LogP) is 4.29. The molecule has 2 aromatic heterocycles. The molecule has 0 bridgehead atoms. The molecular formula is C24H20ClN3O5. The number of pyridine rings is 1. The Morgan fingerprint density at radius 1 is 1.09 bits per heavy atom. The van der Waals surface area contributed by atoms with Crippen molar-refractivity contribution < 1.29 is 24.5 Å². The fraction of sp³-hybridized carbons (Fsp3) is 0.125. The van der Waals surface area contributed by atoms with Crippen LogP contribution in [0.1, 0.15) is 21.6 Å². The van der Waals surface area contributed by atoms with Gasteiger partial charge in [-0.25, -0.2) is 4.98 Å². The Balaban J connectivity index is 1.76. The van der Waals surface area contributed by atoms with Crippen LogP contribution in [0.3, 0.4) is 0 Å². The highest BCUT2D eigenvalue weighted by Gasteiger charge is 2.26. The van der Waals surface area contributed by atoms with Crippen molar-refractivity contribution in [1.82, 2.24) is 9.55 Å². The third kappa shape index (κ3) is 4.33. The number of amides is 1. The molecule has 9 heteroatoms. The Labute approximate surface area is 194 Å². The van der Waals surface area contributed by atoms with E-state index in [0.29, 0.717) is 33.9 Å². The molecule has 0 fully saturated rings. The fourth-order valence-corrected chi connectivity index (χ4v) is 3.79. The summed E-state index contributed by atoms with van der Waals surface area (Å²) in [5, 5.41) is 23.6. The zero-order chi connectivity index (χ0) is 23.7. The number of aromatic hydroxyl groups is 2. The van der Waals surface area contributed by atoms with Crippen LogP contribution in [0.15, 0.2) is 54.7 Å². The van der Waals surface area contributed by atoms with Crippen molar-refractivity contribution >= 4 is 39.9 Å². The number of phenolic OH excluding ortho intramolecular Hbond substituents is 2. The first-order valence-corrected chi connectivity index (χ1v) is 10.3. The number of anilines is 1. The van der Waals surface area contributed by atoms with Gasteiger partial charge in [0.15, 0.2) is 11.5 Å². The number of halogens is 1. The highest BCUT2D eigenvalue weighted by Crippen LogP contribution is 2.36. The highest BCUT2D eigenvalue weighted by molar-refractivity contribution is 6.48. The molecular weight excluding hydrogens is 446 g/mol. The van der Waals surface area contributed by atoms with Gasteiger partial charge in [0.2, 0.25) is 5.88 Å². The molecule has 0 saturated heterocycles. The van der Waals surface area contributed by atoms with Crippen LogP contribution >= 0.6 is 11.6 Å². The van der Waals surface area contributed by atoms with Crippen LogP contribution in [0.4, 0.5) is 5.69 Å². The first-order chi connectivity index (χ1) is 15.8. The predicted molar refractivity (Wildman–Crippen MR) is 124 cm³/mol. The van der Waals surface area contributed by atoms with E-state index in [4.69, 9.17) is 16.3 Å². The molecule has 0 unspecified atom stereocenters. The van der Waals surface area contributed by atoms with Gasteiger partial charge < -0.3 is 24.8 Å². The summed E-state index contributed by atoms with van der Waals surface area (Å²) in [6.45, 7) is 2.07. The van der Waals surface area contributed by atoms with E-state index < -0.39 is 11.7 Å². The molecule has 2 aromatic carbocycles. The van der Waals surface area contributed by atoms with Crippen molar-refractivity contribution in [2.24, 2.45) is 0 Å². The Morgan fingerprint density at radius 3 is 2.48 bits per heavy atom. The van der Waals surface area contributed by atoms with Crippen molar-refractivity contribution in [1.29, 1.82) is 0 Å². The summed E-state index contributed by atoms with van der Waals surface area (Å²) < 4.78 is 6.84. The zero-order valence-electron chi connectivity index (χ0n) is 17.8. The summed E-state index contributed by atoms with van der Waals surface area (Å²) in [6.07, 6.45) is 1.45. The fourth-order valence-electron chi connectivity index (χ4n) is 3.66. The Hall–Kier alpha value is -4.04. The number of benzene rings is 2. The molecule has 33 heavy (non-hydrogen) atoms. The van der Waals surface area contributed by atoms with Crippen molar-refractivity contribution in [3.63, 3.8) is 0 Å². The van der Waals surface area contributed by atoms with Gasteiger partial charge in [0.05, 0.1) is 18.2 Å². The summed E-state index contributed by atoms with van der Waals surface area (Å²) in [5.41, 5.74) is 2.40. The summed E-state index contributed by atoms with van der Waals surface area (Å²) in [5.74, 6) is -2.07. The molecule has 0 aliphatic carbocycles. The molecule has 3 N–H and O–H groups in total. The number of carbonyl (C=O) groups is 2. The van der Waals surface area contributed by atoms with E-state index in [-0.39, 0.29) is 22.9 Å². The number of aromatic nitrogens is 2. The number of phenols is 2. The minimum Gasteiger partial charge on any atom is -0.504 e. The quantitative estimate of drug-likeness (QED) is 0.222. The molecule has 168 valence electrons. The van der Waals surface area contributed by atoms with Crippen LogP contribution < -0.4 is 10.1 Å². The van der Waals surface area contributed by atoms with Gasteiger partial charge in [-0.3, -0.25) is 9.59 Å². The van der Waals surface area contributed by atoms with Crippen LogP contribution in [-0.2, 0) is 11.3 Å². The Kier molecular flexibility index (Phi) is 5.93. The van der Waals surface area contributed by atoms with E-state index in [1.807, 2.05) is 12.1 Å². The molecule has 0 radical (unpaired) electrons. The number of hydrogen-bond acceptors (Lipinski definition) is 6. The van der Waals surface area contributed by atoms with Crippen LogP contribution in [0.25, 0.3) is 10.9 Å². The van der Waals surface area contributed by atoms with Crippen molar-refractivity contribution in [3.05, 3.63) is 76.6 Å². The van der Waals surface area contributed by atoms with E-state index >= 15 is 0 Å². The van der Waals surface area contributed by atoms with Gasteiger partial charge in [-0.05, 0) is 36.8 Å². The second kappa shape index (κ2) is 8.84. The number of carbonyl (C=O) groups excluding carboxylic acids is 2. The minimum absolute atomic E-state index is 0.132. The summed E-state index contributed by atoms with van der Waals surface area (Å²) in [7, 11) is 1.44. The van der Waals surface area contributed by atoms with Crippen molar-refractivity contribution in [2.45, 2.75) is 13.5 Å². The number of rotatable bonds is 6. The zero-order valence-corrected chi connectivity index (χ0v) is 18.6. The average molecular weight is 466 g/mol. The molecule has 0 aliphatic heterocycles. The van der Waals surface area contributed by atoms with Gasteiger partial charge in [0, 0.05) is 46.7 Å². The van der Waals surface area contributed by atoms with E-state index in [1.165, 1.54) is 37.6 Å². The number of nitrogens with one attached hydrogen (secondary N) is 1. The number of hydrogen-bond donors (Lipinski definition) is 3. The van der Waals surface area contributed by atoms with Gasteiger partial charge in [0.1, 0.15) is 0 Å². The largest absolute Gasteiger partial charge is 0.504 e. The van der Waals surface area contributed by atoms with Gasteiger partial charge in [-0.2, -0.15) is 0 Å². The first-order valence-electron chi connectivity index (χ1n) is 9.93. The lowest BCUT2D eigenvalue weighted by Gasteiger charge is -2.10. The van der Waals surface area contributed by atoms with Gasteiger partial charge >= 0.3 is 0 Å². The average Bonchev–Trinajstić information content (AvgIpc) is 3.05. The normalized spacial score (nSPS) is 10.9. The van der Waals surface area contributed by atoms with Gasteiger partial charge in [-0.1, -0.05) is 23.7 Å². The van der Waals surface area contributed by atoms with Gasteiger partial charge in [-0.15, -0.1) is 0 Å². The molecule has 8 nitrogen and oxygen atoms in total. The van der Waals surface area contributed by atoms with Crippen LogP contribution in [-0.4, -0.2) is 38.6 Å². The second-order valence-corrected chi connectivity index (χ2v) is 7.84. The minimum atomic E-state index is -0.857. The number of methoxy groups -OCH3 is 1. The summed E-state index contributed by atoms with van der Waals surface area (Å²) in [6, 6.07) is 12.9. The van der Waals surface area contributed by atoms with E-state index in [1.54, 1.807) is 23.6 Å². The number of Topliss-reactive ketones (excluding diaryl/α,β-unsaturated/α-hetero) is 1. The van der Waals surface area contributed by atoms with E-state index in [9.17, 15) is 19.8 Å². The van der Waals surface area contributed by atoms with Crippen LogP contribution in [0.2, 0.25) is 5.02 Å². The lowest BCUT2D eigenvalue weighted by molar-refractivity contribution is -0.112. The molecule has 4 rings (SSSR count). The third-order valence-corrected chi connectivity index (χ3v) is 5.56. The standard InChI is InChI=1S/C24H20ClN3O5/c1-13-22(23(31)24(32)27-16-7-8-26-21(9-16)33-2)17-10-19(29)20(30)11-18(17)28(13)12-14-3-5-15(25)6-4-14/h3-11,29-30H,12H2,1-2H3,(H,26,27,32). The van der Waals surface area contributed by atoms with Crippen LogP contribution in [0.5, 0.6) is 17.4 Å². The third-order valence-electron chi connectivity index (χ3n) is 5.31. The molecule has 0 spiro atoms. The molecule has 0 saturated carbocycles. The maximum Gasteiger partial charge on any atom is 0.296 e. The van der Waals surface area contributed by atoms with Crippen molar-refractivity contribution in [3.8, 4) is 17.4 Å². The molecule has 0 aliphatic rings. The number of ketones is 1. The van der Waals surface area contributed by atoms with E-state index in [2.05, 4.69) is 10.3 Å². The first kappa shape index (κ1) is 22.2. The lowest BCUT2D eigenvalue weighted by Crippen LogP contribution is -2.23. The number of nitrogens with zero attached hydrogens (tertiary/aromatic N) is 2.